The van der Waals surface area contributed by atoms with Crippen LogP contribution in [0.2, 0.25) is 0 Å². The third-order valence-corrected chi connectivity index (χ3v) is 7.86. The summed E-state index contributed by atoms with van der Waals surface area (Å²) in [6.45, 7) is 2.76. The zero-order chi connectivity index (χ0) is 26.1. The number of piperidine rings is 1. The largest absolute Gasteiger partial charge is 0.486 e. The van der Waals surface area contributed by atoms with Crippen molar-refractivity contribution in [2.24, 2.45) is 5.92 Å². The molecule has 8 nitrogen and oxygen atoms in total. The number of nitrogens with one attached hydrogen (secondary N) is 1. The Morgan fingerprint density at radius 1 is 1.08 bits per heavy atom. The Balaban J connectivity index is 1.07. The van der Waals surface area contributed by atoms with Crippen LogP contribution in [0, 0.1) is 17.6 Å². The number of fused-ring (bicyclic) bond motifs is 1. The van der Waals surface area contributed by atoms with Gasteiger partial charge in [0.05, 0.1) is 18.8 Å². The van der Waals surface area contributed by atoms with Crippen LogP contribution in [0.1, 0.15) is 43.7 Å². The van der Waals surface area contributed by atoms with Gasteiger partial charge in [-0.15, -0.1) is 0 Å². The third-order valence-electron chi connectivity index (χ3n) is 7.86. The first-order valence-corrected chi connectivity index (χ1v) is 13.3. The molecule has 4 heterocycles. The highest BCUT2D eigenvalue weighted by Crippen LogP contribution is 2.38. The van der Waals surface area contributed by atoms with E-state index in [9.17, 15) is 8.78 Å². The molecule has 6 rings (SSSR count). The number of halogens is 2. The van der Waals surface area contributed by atoms with E-state index in [0.29, 0.717) is 34.9 Å². The molecule has 1 N–H and O–H groups in total. The van der Waals surface area contributed by atoms with Gasteiger partial charge in [0, 0.05) is 55.8 Å². The summed E-state index contributed by atoms with van der Waals surface area (Å²) >= 11 is 0. The van der Waals surface area contributed by atoms with Crippen molar-refractivity contribution in [1.29, 1.82) is 0 Å². The van der Waals surface area contributed by atoms with Crippen molar-refractivity contribution < 1.29 is 18.3 Å². The molecule has 2 aromatic heterocycles. The maximum Gasteiger partial charge on any atom is 0.225 e. The van der Waals surface area contributed by atoms with Gasteiger partial charge in [0.2, 0.25) is 11.8 Å². The minimum absolute atomic E-state index is 0.223. The van der Waals surface area contributed by atoms with E-state index in [0.717, 1.165) is 44.3 Å². The van der Waals surface area contributed by atoms with E-state index in [-0.39, 0.29) is 12.6 Å². The smallest absolute Gasteiger partial charge is 0.225 e. The fraction of sp³-hybridized carbons (Fsp3) is 0.464. The molecule has 10 heteroatoms. The van der Waals surface area contributed by atoms with Gasteiger partial charge in [0.25, 0.3) is 0 Å². The number of likely N-dealkylation sites (N-methyl/N-ethyl adjacent to an activating group) is 1. The lowest BCUT2D eigenvalue weighted by atomic mass is 9.86. The van der Waals surface area contributed by atoms with Crippen LogP contribution < -0.4 is 24.6 Å². The van der Waals surface area contributed by atoms with E-state index in [4.69, 9.17) is 14.5 Å². The molecule has 1 aliphatic carbocycles. The summed E-state index contributed by atoms with van der Waals surface area (Å²) in [5.41, 5.74) is 1.50. The molecule has 3 aliphatic rings. The molecular weight excluding hydrogens is 490 g/mol. The molecule has 1 atom stereocenters. The summed E-state index contributed by atoms with van der Waals surface area (Å²) in [4.78, 5) is 17.7. The lowest BCUT2D eigenvalue weighted by Crippen LogP contribution is -2.39. The quantitative estimate of drug-likeness (QED) is 0.466. The van der Waals surface area contributed by atoms with Crippen molar-refractivity contribution in [3.05, 3.63) is 59.9 Å². The normalized spacial score (nSPS) is 19.9. The van der Waals surface area contributed by atoms with Crippen molar-refractivity contribution in [3.8, 4) is 11.6 Å². The number of ether oxygens (including phenoxy) is 2. The highest BCUT2D eigenvalue weighted by Gasteiger charge is 2.31. The van der Waals surface area contributed by atoms with E-state index >= 15 is 0 Å². The van der Waals surface area contributed by atoms with Gasteiger partial charge in [-0.2, -0.15) is 4.98 Å². The van der Waals surface area contributed by atoms with Gasteiger partial charge >= 0.3 is 0 Å². The molecule has 1 saturated carbocycles. The second-order valence-corrected chi connectivity index (χ2v) is 10.4. The second-order valence-electron chi connectivity index (χ2n) is 10.4. The molecule has 0 bridgehead atoms. The number of hydrogen-bond donors (Lipinski definition) is 1. The molecule has 0 amide bonds. The van der Waals surface area contributed by atoms with Gasteiger partial charge in [-0.3, -0.25) is 0 Å². The van der Waals surface area contributed by atoms with Gasteiger partial charge < -0.3 is 24.6 Å². The summed E-state index contributed by atoms with van der Waals surface area (Å²) in [7, 11) is 1.84. The van der Waals surface area contributed by atoms with Crippen LogP contribution in [-0.4, -0.2) is 54.3 Å². The van der Waals surface area contributed by atoms with Gasteiger partial charge in [-0.1, -0.05) is 12.5 Å². The van der Waals surface area contributed by atoms with Crippen molar-refractivity contribution in [2.75, 3.05) is 48.5 Å². The van der Waals surface area contributed by atoms with Crippen LogP contribution in [0.25, 0.3) is 0 Å². The van der Waals surface area contributed by atoms with Crippen LogP contribution in [0.4, 0.5) is 26.2 Å². The van der Waals surface area contributed by atoms with Crippen LogP contribution in [0.15, 0.2) is 42.7 Å². The average molecular weight is 523 g/mol. The minimum Gasteiger partial charge on any atom is -0.486 e. The second kappa shape index (κ2) is 10.6. The van der Waals surface area contributed by atoms with Crippen molar-refractivity contribution in [2.45, 2.75) is 44.2 Å². The molecule has 200 valence electrons. The number of rotatable bonds is 7. The van der Waals surface area contributed by atoms with Crippen molar-refractivity contribution in [1.82, 2.24) is 15.0 Å². The van der Waals surface area contributed by atoms with Crippen LogP contribution in [0.5, 0.6) is 11.6 Å². The summed E-state index contributed by atoms with van der Waals surface area (Å²) in [6, 6.07) is 7.49. The Bertz CT molecular complexity index is 1280. The fourth-order valence-electron chi connectivity index (χ4n) is 5.29. The van der Waals surface area contributed by atoms with Crippen molar-refractivity contribution >= 4 is 17.5 Å². The molecule has 1 aromatic carbocycles. The number of benzene rings is 1. The number of pyridine rings is 1. The molecule has 2 aliphatic heterocycles. The Hall–Kier alpha value is -3.69. The first-order chi connectivity index (χ1) is 18.5. The predicted octanol–water partition coefficient (Wildman–Crippen LogP) is 4.98. The number of hydrogen-bond acceptors (Lipinski definition) is 8. The van der Waals surface area contributed by atoms with Gasteiger partial charge in [-0.05, 0) is 43.7 Å². The fourth-order valence-corrected chi connectivity index (χ4v) is 5.29. The molecule has 38 heavy (non-hydrogen) atoms. The van der Waals surface area contributed by atoms with Crippen LogP contribution in [-0.2, 0) is 0 Å². The summed E-state index contributed by atoms with van der Waals surface area (Å²) < 4.78 is 39.6. The zero-order valence-corrected chi connectivity index (χ0v) is 21.4. The third kappa shape index (κ3) is 5.16. The maximum absolute atomic E-state index is 14.5. The monoisotopic (exact) mass is 522 g/mol. The first kappa shape index (κ1) is 24.6. The Labute approximate surface area is 221 Å². The standard InChI is InChI=1S/C28H32F2N6O2/c1-35-24(22-6-5-19(29)13-23(22)30)17-37-25-15-32-28(34-27(25)35)33-20-8-11-36(12-9-20)21-7-10-31-26(14-21)38-16-18-3-2-4-18/h5-7,10,13-15,18,20,24H,2-4,8-9,11-12,16-17H2,1H3,(H,32,33,34). The molecule has 0 spiro atoms. The molecule has 2 fully saturated rings. The number of aromatic nitrogens is 3. The highest BCUT2D eigenvalue weighted by molar-refractivity contribution is 5.57. The minimum atomic E-state index is -0.604. The van der Waals surface area contributed by atoms with Gasteiger partial charge in [0.15, 0.2) is 11.6 Å². The van der Waals surface area contributed by atoms with E-state index in [2.05, 4.69) is 20.2 Å². The SMILES string of the molecule is CN1c2nc(NC3CCN(c4ccnc(OCC5CCC5)c4)CC3)ncc2OCC1c1ccc(F)cc1F. The number of anilines is 3. The molecule has 1 unspecified atom stereocenters. The van der Waals surface area contributed by atoms with Crippen molar-refractivity contribution in [3.63, 3.8) is 0 Å². The van der Waals surface area contributed by atoms with Crippen LogP contribution >= 0.6 is 0 Å². The molecule has 0 radical (unpaired) electrons. The lowest BCUT2D eigenvalue weighted by molar-refractivity contribution is 0.175. The topological polar surface area (TPSA) is 75.6 Å². The van der Waals surface area contributed by atoms with E-state index in [1.165, 1.54) is 31.4 Å². The lowest BCUT2D eigenvalue weighted by Gasteiger charge is -2.36. The summed E-state index contributed by atoms with van der Waals surface area (Å²) in [5.74, 6) is 1.79. The van der Waals surface area contributed by atoms with Crippen LogP contribution in [0.3, 0.4) is 0 Å². The zero-order valence-electron chi connectivity index (χ0n) is 21.4. The Morgan fingerprint density at radius 2 is 1.92 bits per heavy atom. The van der Waals surface area contributed by atoms with Gasteiger partial charge in [-0.25, -0.2) is 18.7 Å². The molecule has 3 aromatic rings. The van der Waals surface area contributed by atoms with Gasteiger partial charge in [0.1, 0.15) is 18.2 Å². The van der Waals surface area contributed by atoms with E-state index in [1.807, 2.05) is 30.3 Å². The highest BCUT2D eigenvalue weighted by atomic mass is 19.1. The predicted molar refractivity (Wildman–Crippen MR) is 141 cm³/mol. The maximum atomic E-state index is 14.5. The van der Waals surface area contributed by atoms with E-state index in [1.54, 1.807) is 6.20 Å². The average Bonchev–Trinajstić information content (AvgIpc) is 2.89. The summed E-state index contributed by atoms with van der Waals surface area (Å²) in [5, 5.41) is 3.46. The molecule has 1 saturated heterocycles. The Kier molecular flexibility index (Phi) is 6.86. The Morgan fingerprint density at radius 3 is 2.68 bits per heavy atom. The molecular formula is C28H32F2N6O2. The summed E-state index contributed by atoms with van der Waals surface area (Å²) in [6.07, 6.45) is 9.14. The first-order valence-electron chi connectivity index (χ1n) is 13.3. The number of nitrogens with zero attached hydrogens (tertiary/aromatic N) is 5. The van der Waals surface area contributed by atoms with E-state index < -0.39 is 17.7 Å².